The number of methoxy groups -OCH3 is 1. The average molecular weight is 511 g/mol. The SMILES string of the molecule is COC(=O)c1ccc(Cc2nc(NC3(c4ccc(Cl)cc4)CC3)nc(OCC(F)(F)F)n2)c(F)c1. The quantitative estimate of drug-likeness (QED) is 0.334. The summed E-state index contributed by atoms with van der Waals surface area (Å²) in [7, 11) is 1.17. The topological polar surface area (TPSA) is 86.2 Å². The molecular formula is C23H19ClF4N4O3. The van der Waals surface area contributed by atoms with Crippen molar-refractivity contribution in [2.24, 2.45) is 0 Å². The number of carbonyl (C=O) groups excluding carboxylic acids is 1. The van der Waals surface area contributed by atoms with Crippen LogP contribution in [0.3, 0.4) is 0 Å². The lowest BCUT2D eigenvalue weighted by Gasteiger charge is -2.19. The molecule has 0 saturated heterocycles. The Balaban J connectivity index is 1.62. The Hall–Kier alpha value is -3.47. The second-order valence-corrected chi connectivity index (χ2v) is 8.39. The van der Waals surface area contributed by atoms with Crippen LogP contribution in [-0.2, 0) is 16.7 Å². The molecule has 0 radical (unpaired) electrons. The zero-order valence-electron chi connectivity index (χ0n) is 18.3. The van der Waals surface area contributed by atoms with Crippen LogP contribution in [0.1, 0.15) is 40.2 Å². The minimum Gasteiger partial charge on any atom is -0.465 e. The van der Waals surface area contributed by atoms with Gasteiger partial charge in [-0.3, -0.25) is 0 Å². The van der Waals surface area contributed by atoms with Crippen molar-refractivity contribution in [3.05, 3.63) is 75.8 Å². The number of aromatic nitrogens is 3. The number of hydrogen-bond donors (Lipinski definition) is 1. The Labute approximate surface area is 202 Å². The summed E-state index contributed by atoms with van der Waals surface area (Å²) in [5.41, 5.74) is 0.527. The van der Waals surface area contributed by atoms with Crippen LogP contribution in [0.4, 0.5) is 23.5 Å². The number of nitrogens with zero attached hydrogens (tertiary/aromatic N) is 3. The summed E-state index contributed by atoms with van der Waals surface area (Å²) in [6.45, 7) is -1.60. The van der Waals surface area contributed by atoms with Crippen LogP contribution in [0.2, 0.25) is 5.02 Å². The van der Waals surface area contributed by atoms with Crippen molar-refractivity contribution < 1.29 is 31.8 Å². The number of alkyl halides is 3. The van der Waals surface area contributed by atoms with Gasteiger partial charge in [-0.05, 0) is 48.2 Å². The fourth-order valence-electron chi connectivity index (χ4n) is 3.44. The van der Waals surface area contributed by atoms with Gasteiger partial charge in [0, 0.05) is 11.4 Å². The van der Waals surface area contributed by atoms with E-state index in [4.69, 9.17) is 16.3 Å². The largest absolute Gasteiger partial charge is 0.465 e. The first-order chi connectivity index (χ1) is 16.6. The molecule has 1 N–H and O–H groups in total. The number of rotatable bonds is 8. The van der Waals surface area contributed by atoms with E-state index in [1.165, 1.54) is 19.2 Å². The van der Waals surface area contributed by atoms with E-state index in [-0.39, 0.29) is 29.3 Å². The van der Waals surface area contributed by atoms with Crippen molar-refractivity contribution in [1.82, 2.24) is 15.0 Å². The van der Waals surface area contributed by atoms with E-state index in [9.17, 15) is 22.4 Å². The fourth-order valence-corrected chi connectivity index (χ4v) is 3.57. The van der Waals surface area contributed by atoms with Gasteiger partial charge in [0.15, 0.2) is 6.61 Å². The maximum atomic E-state index is 14.6. The molecule has 2 aromatic carbocycles. The molecule has 0 bridgehead atoms. The van der Waals surface area contributed by atoms with Crippen molar-refractivity contribution in [1.29, 1.82) is 0 Å². The second-order valence-electron chi connectivity index (χ2n) is 7.95. The van der Waals surface area contributed by atoms with E-state index in [2.05, 4.69) is 25.0 Å². The molecule has 12 heteroatoms. The molecule has 184 valence electrons. The molecule has 0 amide bonds. The van der Waals surface area contributed by atoms with Gasteiger partial charge in [0.25, 0.3) is 0 Å². The van der Waals surface area contributed by atoms with Gasteiger partial charge >= 0.3 is 18.2 Å². The third kappa shape index (κ3) is 6.16. The standard InChI is InChI=1S/C23H19ClF4N4O3/c1-34-19(33)14-3-2-13(17(25)10-14)11-18-29-20(31-21(30-18)35-12-23(26,27)28)32-22(8-9-22)15-4-6-16(24)7-5-15/h2-7,10H,8-9,11-12H2,1H3,(H,29,30,31,32). The van der Waals surface area contributed by atoms with E-state index >= 15 is 0 Å². The van der Waals surface area contributed by atoms with Crippen LogP contribution in [0, 0.1) is 5.82 Å². The number of esters is 1. The summed E-state index contributed by atoms with van der Waals surface area (Å²) in [5, 5.41) is 3.72. The average Bonchev–Trinajstić information content (AvgIpc) is 3.58. The molecule has 1 heterocycles. The molecule has 0 unspecified atom stereocenters. The van der Waals surface area contributed by atoms with Crippen LogP contribution in [-0.4, -0.2) is 40.8 Å². The summed E-state index contributed by atoms with van der Waals surface area (Å²) < 4.78 is 62.0. The maximum absolute atomic E-state index is 14.6. The molecule has 4 rings (SSSR count). The fraction of sp³-hybridized carbons (Fsp3) is 0.304. The summed E-state index contributed by atoms with van der Waals surface area (Å²) in [4.78, 5) is 23.8. The van der Waals surface area contributed by atoms with Gasteiger partial charge in [0.05, 0.1) is 18.2 Å². The monoisotopic (exact) mass is 510 g/mol. The zero-order valence-corrected chi connectivity index (χ0v) is 19.1. The highest BCUT2D eigenvalue weighted by atomic mass is 35.5. The van der Waals surface area contributed by atoms with Gasteiger partial charge < -0.3 is 14.8 Å². The number of nitrogens with one attached hydrogen (secondary N) is 1. The van der Waals surface area contributed by atoms with Crippen molar-refractivity contribution in [3.8, 4) is 6.01 Å². The van der Waals surface area contributed by atoms with Crippen LogP contribution in [0.15, 0.2) is 42.5 Å². The molecule has 0 aliphatic heterocycles. The van der Waals surface area contributed by atoms with Crippen LogP contribution >= 0.6 is 11.6 Å². The van der Waals surface area contributed by atoms with Gasteiger partial charge in [-0.1, -0.05) is 29.8 Å². The summed E-state index contributed by atoms with van der Waals surface area (Å²) in [6.07, 6.45) is -3.31. The number of ether oxygens (including phenoxy) is 2. The Kier molecular flexibility index (Phi) is 6.79. The van der Waals surface area contributed by atoms with E-state index in [1.807, 2.05) is 12.1 Å². The summed E-state index contributed by atoms with van der Waals surface area (Å²) in [5.74, 6) is -1.45. The van der Waals surface area contributed by atoms with E-state index < -0.39 is 36.1 Å². The predicted octanol–water partition coefficient (Wildman–Crippen LogP) is 5.08. The highest BCUT2D eigenvalue weighted by molar-refractivity contribution is 6.30. The second kappa shape index (κ2) is 9.65. The minimum atomic E-state index is -4.60. The summed E-state index contributed by atoms with van der Waals surface area (Å²) >= 11 is 5.96. The van der Waals surface area contributed by atoms with Gasteiger partial charge in [-0.2, -0.15) is 28.1 Å². The van der Waals surface area contributed by atoms with Crippen LogP contribution in [0.5, 0.6) is 6.01 Å². The lowest BCUT2D eigenvalue weighted by atomic mass is 10.1. The van der Waals surface area contributed by atoms with Crippen molar-refractivity contribution in [3.63, 3.8) is 0 Å². The first-order valence-electron chi connectivity index (χ1n) is 10.4. The molecule has 7 nitrogen and oxygen atoms in total. The number of anilines is 1. The van der Waals surface area contributed by atoms with Gasteiger partial charge in [-0.25, -0.2) is 9.18 Å². The molecule has 3 aromatic rings. The van der Waals surface area contributed by atoms with Crippen LogP contribution in [0.25, 0.3) is 0 Å². The maximum Gasteiger partial charge on any atom is 0.422 e. The molecule has 1 saturated carbocycles. The minimum absolute atomic E-state index is 0.00814. The van der Waals surface area contributed by atoms with Gasteiger partial charge in [0.2, 0.25) is 5.95 Å². The Bertz CT molecular complexity index is 1230. The Morgan fingerprint density at radius 2 is 1.83 bits per heavy atom. The molecule has 1 aromatic heterocycles. The first kappa shape index (κ1) is 24.6. The third-order valence-corrected chi connectivity index (χ3v) is 5.60. The molecule has 1 fully saturated rings. The number of hydrogen-bond acceptors (Lipinski definition) is 7. The molecular weight excluding hydrogens is 492 g/mol. The van der Waals surface area contributed by atoms with Gasteiger partial charge in [0.1, 0.15) is 11.6 Å². The normalized spacial score (nSPS) is 14.3. The molecule has 1 aliphatic carbocycles. The van der Waals surface area contributed by atoms with E-state index in [0.29, 0.717) is 5.02 Å². The lowest BCUT2D eigenvalue weighted by molar-refractivity contribution is -0.154. The lowest BCUT2D eigenvalue weighted by Crippen LogP contribution is -2.23. The molecule has 0 atom stereocenters. The number of halogens is 5. The highest BCUT2D eigenvalue weighted by Crippen LogP contribution is 2.48. The molecule has 35 heavy (non-hydrogen) atoms. The highest BCUT2D eigenvalue weighted by Gasteiger charge is 2.45. The molecule has 1 aliphatic rings. The number of carbonyl (C=O) groups is 1. The van der Waals surface area contributed by atoms with Gasteiger partial charge in [-0.15, -0.1) is 0 Å². The zero-order chi connectivity index (χ0) is 25.2. The van der Waals surface area contributed by atoms with Crippen molar-refractivity contribution in [2.45, 2.75) is 31.0 Å². The van der Waals surface area contributed by atoms with E-state index in [1.54, 1.807) is 12.1 Å². The van der Waals surface area contributed by atoms with Crippen molar-refractivity contribution in [2.75, 3.05) is 19.0 Å². The van der Waals surface area contributed by atoms with Crippen molar-refractivity contribution >= 4 is 23.5 Å². The van der Waals surface area contributed by atoms with Crippen LogP contribution < -0.4 is 10.1 Å². The Morgan fingerprint density at radius 1 is 1.11 bits per heavy atom. The first-order valence-corrected chi connectivity index (χ1v) is 10.8. The predicted molar refractivity (Wildman–Crippen MR) is 118 cm³/mol. The van der Waals surface area contributed by atoms with E-state index in [0.717, 1.165) is 24.5 Å². The Morgan fingerprint density at radius 3 is 2.43 bits per heavy atom. The third-order valence-electron chi connectivity index (χ3n) is 5.35. The number of benzene rings is 2. The molecule has 0 spiro atoms. The summed E-state index contributed by atoms with van der Waals surface area (Å²) in [6, 6.07) is 10.3. The smallest absolute Gasteiger partial charge is 0.422 e.